The number of anilines is 3. The van der Waals surface area contributed by atoms with Gasteiger partial charge in [-0.05, 0) is 69.3 Å². The van der Waals surface area contributed by atoms with Crippen LogP contribution in [0, 0.1) is 13.8 Å². The van der Waals surface area contributed by atoms with Gasteiger partial charge in [-0.15, -0.1) is 0 Å². The molecular weight excluding hydrogens is 470 g/mol. The number of aromatic nitrogens is 2. The standard InChI is InChI=1S/C25H24ClN5O4/c1-14-12-15(2)31(29-14)16(3)24(34)28-21-9-6-18(13-20(21)26)27-25(35)17-4-7-19(8-5-17)30-22(32)10-11-23(30)33/h4-9,12-13,16H,10-11H2,1-3H3,(H,27,35)(H,28,34). The average Bonchev–Trinajstić information content (AvgIpc) is 3.34. The summed E-state index contributed by atoms with van der Waals surface area (Å²) in [6, 6.07) is 12.3. The van der Waals surface area contributed by atoms with Gasteiger partial charge >= 0.3 is 0 Å². The molecule has 1 fully saturated rings. The lowest BCUT2D eigenvalue weighted by Gasteiger charge is -2.16. The van der Waals surface area contributed by atoms with Gasteiger partial charge in [0.15, 0.2) is 0 Å². The molecule has 2 heterocycles. The van der Waals surface area contributed by atoms with Crippen molar-refractivity contribution in [1.29, 1.82) is 0 Å². The van der Waals surface area contributed by atoms with Gasteiger partial charge in [0.2, 0.25) is 17.7 Å². The molecule has 0 bridgehead atoms. The van der Waals surface area contributed by atoms with E-state index < -0.39 is 6.04 Å². The zero-order valence-corrected chi connectivity index (χ0v) is 20.2. The highest BCUT2D eigenvalue weighted by Crippen LogP contribution is 2.27. The molecule has 1 aliphatic rings. The fourth-order valence-corrected chi connectivity index (χ4v) is 4.14. The number of rotatable bonds is 6. The van der Waals surface area contributed by atoms with Gasteiger partial charge in [0.25, 0.3) is 5.91 Å². The van der Waals surface area contributed by atoms with Crippen LogP contribution in [0.5, 0.6) is 0 Å². The molecule has 180 valence electrons. The topological polar surface area (TPSA) is 113 Å². The quantitative estimate of drug-likeness (QED) is 0.498. The minimum Gasteiger partial charge on any atom is -0.323 e. The Morgan fingerprint density at radius 2 is 1.63 bits per heavy atom. The molecule has 9 nitrogen and oxygen atoms in total. The maximum Gasteiger partial charge on any atom is 0.255 e. The second-order valence-corrected chi connectivity index (χ2v) is 8.76. The third kappa shape index (κ3) is 5.09. The molecule has 0 spiro atoms. The summed E-state index contributed by atoms with van der Waals surface area (Å²) >= 11 is 6.35. The summed E-state index contributed by atoms with van der Waals surface area (Å²) in [7, 11) is 0. The number of hydrogen-bond acceptors (Lipinski definition) is 5. The van der Waals surface area contributed by atoms with Gasteiger partial charge in [-0.1, -0.05) is 11.6 Å². The summed E-state index contributed by atoms with van der Waals surface area (Å²) in [6.07, 6.45) is 0.388. The van der Waals surface area contributed by atoms with Crippen molar-refractivity contribution in [3.63, 3.8) is 0 Å². The van der Waals surface area contributed by atoms with Crippen molar-refractivity contribution < 1.29 is 19.2 Å². The Hall–Kier alpha value is -3.98. The van der Waals surface area contributed by atoms with Gasteiger partial charge in [-0.2, -0.15) is 5.10 Å². The van der Waals surface area contributed by atoms with E-state index in [2.05, 4.69) is 15.7 Å². The van der Waals surface area contributed by atoms with Crippen LogP contribution in [0.15, 0.2) is 48.5 Å². The maximum atomic E-state index is 12.7. The van der Waals surface area contributed by atoms with Gasteiger partial charge in [0.05, 0.1) is 22.1 Å². The number of amides is 4. The van der Waals surface area contributed by atoms with Crippen molar-refractivity contribution >= 4 is 52.3 Å². The Kier molecular flexibility index (Phi) is 6.70. The summed E-state index contributed by atoms with van der Waals surface area (Å²) < 4.78 is 1.65. The van der Waals surface area contributed by atoms with Crippen LogP contribution in [0.2, 0.25) is 5.02 Å². The van der Waals surface area contributed by atoms with E-state index in [1.165, 1.54) is 0 Å². The molecular formula is C25H24ClN5O4. The number of aryl methyl sites for hydroxylation is 2. The third-order valence-corrected chi connectivity index (χ3v) is 6.03. The number of halogens is 1. The predicted octanol–water partition coefficient (Wildman–Crippen LogP) is 4.26. The fraction of sp³-hybridized carbons (Fsp3) is 0.240. The van der Waals surface area contributed by atoms with Gasteiger partial charge in [0.1, 0.15) is 6.04 Å². The van der Waals surface area contributed by atoms with Crippen molar-refractivity contribution in [1.82, 2.24) is 9.78 Å². The molecule has 10 heteroatoms. The van der Waals surface area contributed by atoms with Crippen molar-refractivity contribution in [3.05, 3.63) is 70.5 Å². The lowest BCUT2D eigenvalue weighted by Crippen LogP contribution is -2.28. The molecule has 4 amide bonds. The van der Waals surface area contributed by atoms with Crippen molar-refractivity contribution in [2.24, 2.45) is 0 Å². The molecule has 1 aromatic heterocycles. The van der Waals surface area contributed by atoms with Crippen molar-refractivity contribution in [3.8, 4) is 0 Å². The molecule has 35 heavy (non-hydrogen) atoms. The average molecular weight is 494 g/mol. The molecule has 0 saturated carbocycles. The molecule has 2 N–H and O–H groups in total. The number of imide groups is 1. The van der Waals surface area contributed by atoms with Crippen molar-refractivity contribution in [2.75, 3.05) is 15.5 Å². The molecule has 0 radical (unpaired) electrons. The highest BCUT2D eigenvalue weighted by molar-refractivity contribution is 6.34. The Morgan fingerprint density at radius 1 is 0.971 bits per heavy atom. The normalized spacial score (nSPS) is 14.2. The number of carbonyl (C=O) groups is 4. The van der Waals surface area contributed by atoms with Crippen LogP contribution in [0.1, 0.15) is 47.6 Å². The van der Waals surface area contributed by atoms with Crippen LogP contribution in [-0.4, -0.2) is 33.4 Å². The third-order valence-electron chi connectivity index (χ3n) is 5.71. The van der Waals surface area contributed by atoms with Crippen LogP contribution in [0.25, 0.3) is 0 Å². The SMILES string of the molecule is Cc1cc(C)n(C(C)C(=O)Nc2ccc(NC(=O)c3ccc(N4C(=O)CCC4=O)cc3)cc2Cl)n1. The Labute approximate surface area is 207 Å². The zero-order chi connectivity index (χ0) is 25.3. The maximum absolute atomic E-state index is 12.7. The Bertz CT molecular complexity index is 1320. The Morgan fingerprint density at radius 3 is 2.20 bits per heavy atom. The molecule has 0 aliphatic carbocycles. The molecule has 1 unspecified atom stereocenters. The first-order valence-electron chi connectivity index (χ1n) is 11.0. The second kappa shape index (κ2) is 9.71. The van der Waals surface area contributed by atoms with Crippen LogP contribution in [0.3, 0.4) is 0 Å². The molecule has 3 aromatic rings. The van der Waals surface area contributed by atoms with E-state index in [1.807, 2.05) is 19.9 Å². The van der Waals surface area contributed by atoms with Crippen LogP contribution in [-0.2, 0) is 14.4 Å². The molecule has 1 aliphatic heterocycles. The Balaban J connectivity index is 1.41. The van der Waals surface area contributed by atoms with Crippen molar-refractivity contribution in [2.45, 2.75) is 39.7 Å². The first-order valence-corrected chi connectivity index (χ1v) is 11.4. The predicted molar refractivity (Wildman–Crippen MR) is 133 cm³/mol. The summed E-state index contributed by atoms with van der Waals surface area (Å²) in [5, 5.41) is 10.1. The first-order chi connectivity index (χ1) is 16.6. The fourth-order valence-electron chi connectivity index (χ4n) is 3.91. The van der Waals surface area contributed by atoms with E-state index in [-0.39, 0.29) is 41.5 Å². The summed E-state index contributed by atoms with van der Waals surface area (Å²) in [6.45, 7) is 5.49. The summed E-state index contributed by atoms with van der Waals surface area (Å²) in [5.74, 6) is -1.16. The largest absolute Gasteiger partial charge is 0.323 e. The smallest absolute Gasteiger partial charge is 0.255 e. The number of nitrogens with one attached hydrogen (secondary N) is 2. The number of nitrogens with zero attached hydrogens (tertiary/aromatic N) is 3. The summed E-state index contributed by atoms with van der Waals surface area (Å²) in [4.78, 5) is 50.2. The van der Waals surface area contributed by atoms with Crippen LogP contribution >= 0.6 is 11.6 Å². The molecule has 2 aromatic carbocycles. The molecule has 4 rings (SSSR count). The van der Waals surface area contributed by atoms with Gasteiger partial charge in [0, 0.05) is 29.8 Å². The zero-order valence-electron chi connectivity index (χ0n) is 19.5. The highest BCUT2D eigenvalue weighted by Gasteiger charge is 2.30. The van der Waals surface area contributed by atoms with E-state index in [1.54, 1.807) is 54.1 Å². The number of hydrogen-bond donors (Lipinski definition) is 2. The van der Waals surface area contributed by atoms with E-state index >= 15 is 0 Å². The van der Waals surface area contributed by atoms with E-state index in [0.29, 0.717) is 22.6 Å². The monoisotopic (exact) mass is 493 g/mol. The van der Waals surface area contributed by atoms with Crippen LogP contribution < -0.4 is 15.5 Å². The molecule has 1 saturated heterocycles. The van der Waals surface area contributed by atoms with E-state index in [0.717, 1.165) is 16.3 Å². The number of carbonyl (C=O) groups excluding carboxylic acids is 4. The molecule has 1 atom stereocenters. The van der Waals surface area contributed by atoms with Gasteiger partial charge < -0.3 is 10.6 Å². The minimum absolute atomic E-state index is 0.194. The van der Waals surface area contributed by atoms with E-state index in [9.17, 15) is 19.2 Å². The van der Waals surface area contributed by atoms with Crippen LogP contribution in [0.4, 0.5) is 17.1 Å². The lowest BCUT2D eigenvalue weighted by molar-refractivity contribution is -0.121. The summed E-state index contributed by atoms with van der Waals surface area (Å²) in [5.41, 5.74) is 3.34. The van der Waals surface area contributed by atoms with Gasteiger partial charge in [-0.25, -0.2) is 0 Å². The number of benzene rings is 2. The second-order valence-electron chi connectivity index (χ2n) is 8.36. The minimum atomic E-state index is -0.534. The highest BCUT2D eigenvalue weighted by atomic mass is 35.5. The lowest BCUT2D eigenvalue weighted by atomic mass is 10.1. The van der Waals surface area contributed by atoms with Gasteiger partial charge in [-0.3, -0.25) is 28.8 Å². The van der Waals surface area contributed by atoms with E-state index in [4.69, 9.17) is 11.6 Å². The first kappa shape index (κ1) is 24.2.